The molecule has 1 aromatic carbocycles. The van der Waals surface area contributed by atoms with Crippen LogP contribution in [-0.4, -0.2) is 48.0 Å². The second kappa shape index (κ2) is 8.60. The van der Waals surface area contributed by atoms with Crippen molar-refractivity contribution in [1.82, 2.24) is 20.2 Å². The van der Waals surface area contributed by atoms with Crippen molar-refractivity contribution in [3.8, 4) is 6.07 Å². The number of hydrogen-bond acceptors (Lipinski definition) is 6. The second-order valence-corrected chi connectivity index (χ2v) is 5.52. The number of carbonyl (C=O) groups excluding carboxylic acids is 1. The highest BCUT2D eigenvalue weighted by Gasteiger charge is 2.08. The first-order valence-corrected chi connectivity index (χ1v) is 7.60. The molecular weight excluding hydrogens is 304 g/mol. The van der Waals surface area contributed by atoms with Gasteiger partial charge in [0.15, 0.2) is 0 Å². The van der Waals surface area contributed by atoms with Crippen LogP contribution in [0.5, 0.6) is 0 Å². The van der Waals surface area contributed by atoms with Crippen LogP contribution in [-0.2, 0) is 0 Å². The fourth-order valence-corrected chi connectivity index (χ4v) is 2.01. The maximum absolute atomic E-state index is 12.1. The van der Waals surface area contributed by atoms with Crippen LogP contribution in [0.4, 0.5) is 11.5 Å². The van der Waals surface area contributed by atoms with Gasteiger partial charge >= 0.3 is 0 Å². The Morgan fingerprint density at radius 1 is 1.25 bits per heavy atom. The molecule has 0 aliphatic rings. The van der Waals surface area contributed by atoms with Crippen LogP contribution >= 0.6 is 0 Å². The van der Waals surface area contributed by atoms with E-state index >= 15 is 0 Å². The Morgan fingerprint density at radius 2 is 2.00 bits per heavy atom. The van der Waals surface area contributed by atoms with E-state index in [2.05, 4.69) is 31.6 Å². The molecule has 0 fully saturated rings. The molecule has 2 aromatic rings. The summed E-state index contributed by atoms with van der Waals surface area (Å²) in [4.78, 5) is 22.3. The molecule has 0 unspecified atom stereocenters. The monoisotopic (exact) mass is 324 g/mol. The van der Waals surface area contributed by atoms with Gasteiger partial charge < -0.3 is 15.5 Å². The summed E-state index contributed by atoms with van der Waals surface area (Å²) in [7, 11) is 3.99. The number of rotatable bonds is 7. The molecule has 1 amide bonds. The lowest BCUT2D eigenvalue weighted by Crippen LogP contribution is -2.27. The maximum Gasteiger partial charge on any atom is 0.270 e. The topological polar surface area (TPSA) is 93.9 Å². The number of hydrogen-bond donors (Lipinski definition) is 2. The van der Waals surface area contributed by atoms with Gasteiger partial charge in [-0.05, 0) is 51.3 Å². The van der Waals surface area contributed by atoms with Crippen molar-refractivity contribution >= 4 is 17.4 Å². The predicted octanol–water partition coefficient (Wildman–Crippen LogP) is 1.77. The first-order chi connectivity index (χ1) is 11.6. The van der Waals surface area contributed by atoms with Crippen LogP contribution in [0.25, 0.3) is 0 Å². The molecule has 1 heterocycles. The molecule has 0 atom stereocenters. The summed E-state index contributed by atoms with van der Waals surface area (Å²) < 4.78 is 0. The predicted molar refractivity (Wildman–Crippen MR) is 92.0 cm³/mol. The Morgan fingerprint density at radius 3 is 2.67 bits per heavy atom. The smallest absolute Gasteiger partial charge is 0.270 e. The molecule has 0 saturated carbocycles. The number of amides is 1. The number of benzene rings is 1. The number of nitrogens with one attached hydrogen (secondary N) is 2. The Hall–Kier alpha value is -2.98. The Kier molecular flexibility index (Phi) is 6.23. The average Bonchev–Trinajstić information content (AvgIpc) is 2.59. The fourth-order valence-electron chi connectivity index (χ4n) is 2.01. The third-order valence-corrected chi connectivity index (χ3v) is 3.25. The van der Waals surface area contributed by atoms with Crippen molar-refractivity contribution in [3.05, 3.63) is 47.9 Å². The Labute approximate surface area is 141 Å². The van der Waals surface area contributed by atoms with Gasteiger partial charge in [0, 0.05) is 18.3 Å². The molecule has 7 nitrogen and oxygen atoms in total. The molecule has 7 heteroatoms. The van der Waals surface area contributed by atoms with E-state index in [1.165, 1.54) is 6.33 Å². The summed E-state index contributed by atoms with van der Waals surface area (Å²) in [6, 6.07) is 10.6. The van der Waals surface area contributed by atoms with Gasteiger partial charge in [0.25, 0.3) is 5.91 Å². The fraction of sp³-hybridized carbons (Fsp3) is 0.294. The molecule has 124 valence electrons. The van der Waals surface area contributed by atoms with Crippen LogP contribution in [0.1, 0.15) is 22.5 Å². The largest absolute Gasteiger partial charge is 0.351 e. The van der Waals surface area contributed by atoms with Crippen molar-refractivity contribution in [3.63, 3.8) is 0 Å². The van der Waals surface area contributed by atoms with Crippen LogP contribution in [0.3, 0.4) is 0 Å². The third kappa shape index (κ3) is 5.34. The van der Waals surface area contributed by atoms with Gasteiger partial charge in [-0.15, -0.1) is 0 Å². The molecule has 1 aromatic heterocycles. The minimum atomic E-state index is -0.223. The molecule has 2 N–H and O–H groups in total. The van der Waals surface area contributed by atoms with Gasteiger partial charge in [-0.25, -0.2) is 9.97 Å². The minimum Gasteiger partial charge on any atom is -0.351 e. The molecule has 0 spiro atoms. The zero-order valence-corrected chi connectivity index (χ0v) is 13.8. The van der Waals surface area contributed by atoms with Crippen LogP contribution < -0.4 is 10.6 Å². The first-order valence-electron chi connectivity index (χ1n) is 7.60. The standard InChI is InChI=1S/C17H20N6O/c1-23(2)9-3-8-19-17(24)15-10-16(21-12-20-15)22-14-6-4-13(11-18)5-7-14/h4-7,10,12H,3,8-9H2,1-2H3,(H,19,24)(H,20,21,22). The molecule has 0 aliphatic heterocycles. The van der Waals surface area contributed by atoms with Gasteiger partial charge in [-0.2, -0.15) is 5.26 Å². The van der Waals surface area contributed by atoms with E-state index in [4.69, 9.17) is 5.26 Å². The van der Waals surface area contributed by atoms with E-state index in [-0.39, 0.29) is 5.91 Å². The molecular formula is C17H20N6O. The zero-order valence-electron chi connectivity index (χ0n) is 13.8. The van der Waals surface area contributed by atoms with Crippen molar-refractivity contribution < 1.29 is 4.79 Å². The van der Waals surface area contributed by atoms with E-state index in [1.807, 2.05) is 14.1 Å². The molecule has 2 rings (SSSR count). The van der Waals surface area contributed by atoms with Crippen molar-refractivity contribution in [2.75, 3.05) is 32.5 Å². The summed E-state index contributed by atoms with van der Waals surface area (Å²) in [6.07, 6.45) is 2.22. The van der Waals surface area contributed by atoms with Crippen LogP contribution in [0.15, 0.2) is 36.7 Å². The molecule has 0 aliphatic carbocycles. The van der Waals surface area contributed by atoms with Gasteiger partial charge in [0.05, 0.1) is 11.6 Å². The number of nitrogens with zero attached hydrogens (tertiary/aromatic N) is 4. The summed E-state index contributed by atoms with van der Waals surface area (Å²) in [5.74, 6) is 0.298. The summed E-state index contributed by atoms with van der Waals surface area (Å²) in [6.45, 7) is 1.51. The average molecular weight is 324 g/mol. The van der Waals surface area contributed by atoms with Crippen molar-refractivity contribution in [2.45, 2.75) is 6.42 Å². The lowest BCUT2D eigenvalue weighted by Gasteiger charge is -2.10. The highest BCUT2D eigenvalue weighted by molar-refractivity contribution is 5.92. The first kappa shape index (κ1) is 17.4. The highest BCUT2D eigenvalue weighted by Crippen LogP contribution is 2.15. The van der Waals surface area contributed by atoms with Gasteiger partial charge in [0.2, 0.25) is 0 Å². The molecule has 0 radical (unpaired) electrons. The highest BCUT2D eigenvalue weighted by atomic mass is 16.1. The Bertz CT molecular complexity index is 721. The maximum atomic E-state index is 12.1. The summed E-state index contributed by atoms with van der Waals surface area (Å²) >= 11 is 0. The Balaban J connectivity index is 1.95. The van der Waals surface area contributed by atoms with Crippen LogP contribution in [0.2, 0.25) is 0 Å². The van der Waals surface area contributed by atoms with Gasteiger partial charge in [-0.1, -0.05) is 0 Å². The van der Waals surface area contributed by atoms with E-state index in [0.717, 1.165) is 18.7 Å². The molecule has 24 heavy (non-hydrogen) atoms. The second-order valence-electron chi connectivity index (χ2n) is 5.52. The third-order valence-electron chi connectivity index (χ3n) is 3.25. The van der Waals surface area contributed by atoms with E-state index < -0.39 is 0 Å². The SMILES string of the molecule is CN(C)CCCNC(=O)c1cc(Nc2ccc(C#N)cc2)ncn1. The number of anilines is 2. The number of nitriles is 1. The van der Waals surface area contributed by atoms with Crippen LogP contribution in [0, 0.1) is 11.3 Å². The lowest BCUT2D eigenvalue weighted by molar-refractivity contribution is 0.0947. The van der Waals surface area contributed by atoms with Crippen molar-refractivity contribution in [2.24, 2.45) is 0 Å². The van der Waals surface area contributed by atoms with Crippen molar-refractivity contribution in [1.29, 1.82) is 5.26 Å². The molecule has 0 saturated heterocycles. The van der Waals surface area contributed by atoms with Gasteiger partial charge in [0.1, 0.15) is 17.8 Å². The van der Waals surface area contributed by atoms with Gasteiger partial charge in [-0.3, -0.25) is 4.79 Å². The minimum absolute atomic E-state index is 0.223. The van der Waals surface area contributed by atoms with E-state index in [0.29, 0.717) is 23.6 Å². The summed E-state index contributed by atoms with van der Waals surface area (Å²) in [5, 5.41) is 14.7. The van der Waals surface area contributed by atoms with E-state index in [9.17, 15) is 4.79 Å². The number of aromatic nitrogens is 2. The number of carbonyl (C=O) groups is 1. The quantitative estimate of drug-likeness (QED) is 0.754. The lowest BCUT2D eigenvalue weighted by atomic mass is 10.2. The zero-order chi connectivity index (χ0) is 17.4. The van der Waals surface area contributed by atoms with E-state index in [1.54, 1.807) is 30.3 Å². The normalized spacial score (nSPS) is 10.2. The molecule has 0 bridgehead atoms. The summed E-state index contributed by atoms with van der Waals surface area (Å²) in [5.41, 5.74) is 1.68.